The van der Waals surface area contributed by atoms with Crippen molar-refractivity contribution >= 4 is 21.6 Å². The lowest BCUT2D eigenvalue weighted by Crippen LogP contribution is -2.46. The summed E-state index contributed by atoms with van der Waals surface area (Å²) in [5, 5.41) is 16.8. The predicted octanol–water partition coefficient (Wildman–Crippen LogP) is 1.43. The maximum absolute atomic E-state index is 12.9. The van der Waals surface area contributed by atoms with Crippen molar-refractivity contribution in [3.63, 3.8) is 0 Å². The summed E-state index contributed by atoms with van der Waals surface area (Å²) in [6, 6.07) is 13.7. The summed E-state index contributed by atoms with van der Waals surface area (Å²) in [6.07, 6.45) is 0. The molecule has 3 aromatic rings. The first-order chi connectivity index (χ1) is 16.1. The second-order valence-electron chi connectivity index (χ2n) is 8.15. The van der Waals surface area contributed by atoms with Crippen LogP contribution in [0.5, 0.6) is 5.75 Å². The van der Waals surface area contributed by atoms with Gasteiger partial charge in [0.15, 0.2) is 11.4 Å². The van der Waals surface area contributed by atoms with Crippen molar-refractivity contribution in [3.05, 3.63) is 76.2 Å². The van der Waals surface area contributed by atoms with Crippen LogP contribution in [-0.4, -0.2) is 71.6 Å². The number of aromatic nitrogens is 2. The molecule has 10 nitrogen and oxygen atoms in total. The summed E-state index contributed by atoms with van der Waals surface area (Å²) in [7, 11) is -1.69. The highest BCUT2D eigenvalue weighted by Crippen LogP contribution is 2.21. The number of aromatic hydroxyl groups is 1. The molecule has 1 amide bonds. The number of anilines is 1. The van der Waals surface area contributed by atoms with Crippen LogP contribution >= 0.6 is 0 Å². The van der Waals surface area contributed by atoms with Crippen LogP contribution in [0.1, 0.15) is 16.1 Å². The van der Waals surface area contributed by atoms with Crippen molar-refractivity contribution in [1.29, 1.82) is 0 Å². The molecule has 1 aliphatic heterocycles. The van der Waals surface area contributed by atoms with Gasteiger partial charge in [-0.25, -0.2) is 8.42 Å². The minimum absolute atomic E-state index is 0.129. The van der Waals surface area contributed by atoms with Crippen LogP contribution < -0.4 is 10.9 Å². The summed E-state index contributed by atoms with van der Waals surface area (Å²) in [5.41, 5.74) is 0.750. The van der Waals surface area contributed by atoms with Gasteiger partial charge in [-0.1, -0.05) is 12.1 Å². The molecule has 2 N–H and O–H groups in total. The summed E-state index contributed by atoms with van der Waals surface area (Å²) in [6.45, 7) is 4.01. The van der Waals surface area contributed by atoms with E-state index in [2.05, 4.69) is 15.3 Å². The van der Waals surface area contributed by atoms with Gasteiger partial charge in [0.25, 0.3) is 11.5 Å². The number of benzene rings is 2. The molecule has 0 spiro atoms. The lowest BCUT2D eigenvalue weighted by atomic mass is 10.2. The number of hydrogen-bond donors (Lipinski definition) is 2. The van der Waals surface area contributed by atoms with E-state index in [0.717, 1.165) is 16.3 Å². The number of rotatable bonds is 5. The van der Waals surface area contributed by atoms with E-state index in [1.54, 1.807) is 18.2 Å². The molecule has 11 heteroatoms. The van der Waals surface area contributed by atoms with Crippen LogP contribution in [0.15, 0.2) is 64.3 Å². The minimum atomic E-state index is -3.63. The van der Waals surface area contributed by atoms with Crippen LogP contribution in [0.4, 0.5) is 5.69 Å². The zero-order chi connectivity index (χ0) is 24.5. The number of likely N-dealkylation sites (N-methyl/N-ethyl adjacent to an activating group) is 1. The predicted molar refractivity (Wildman–Crippen MR) is 127 cm³/mol. The number of carbonyl (C=O) groups is 1. The van der Waals surface area contributed by atoms with E-state index >= 15 is 0 Å². The summed E-state index contributed by atoms with van der Waals surface area (Å²) in [4.78, 5) is 27.3. The average Bonchev–Trinajstić information content (AvgIpc) is 2.79. The van der Waals surface area contributed by atoms with Gasteiger partial charge >= 0.3 is 0 Å². The first-order valence-electron chi connectivity index (χ1n) is 10.7. The Labute approximate surface area is 197 Å². The second kappa shape index (κ2) is 9.37. The highest BCUT2D eigenvalue weighted by molar-refractivity contribution is 7.89. The third kappa shape index (κ3) is 4.86. The smallest absolute Gasteiger partial charge is 0.279 e. The van der Waals surface area contributed by atoms with Crippen LogP contribution in [0, 0.1) is 6.92 Å². The maximum Gasteiger partial charge on any atom is 0.279 e. The fourth-order valence-electron chi connectivity index (χ4n) is 3.63. The Morgan fingerprint density at radius 1 is 1.03 bits per heavy atom. The van der Waals surface area contributed by atoms with Crippen molar-refractivity contribution in [1.82, 2.24) is 19.0 Å². The van der Waals surface area contributed by atoms with Gasteiger partial charge in [0.1, 0.15) is 0 Å². The Morgan fingerprint density at radius 2 is 1.71 bits per heavy atom. The zero-order valence-electron chi connectivity index (χ0n) is 18.8. The number of amides is 1. The van der Waals surface area contributed by atoms with Gasteiger partial charge in [-0.15, -0.1) is 0 Å². The number of nitrogens with zero attached hydrogens (tertiary/aromatic N) is 4. The SMILES string of the molecule is Cc1cccc(-n2nc(C(=O)Nc3ccc(S(=O)(=O)N4CCN(C)CC4)cc3)c(O)cc2=O)c1. The molecule has 178 valence electrons. The molecule has 1 aliphatic rings. The minimum Gasteiger partial charge on any atom is -0.505 e. The Balaban J connectivity index is 1.54. The monoisotopic (exact) mass is 483 g/mol. The number of hydrogen-bond acceptors (Lipinski definition) is 7. The van der Waals surface area contributed by atoms with E-state index in [1.807, 2.05) is 20.0 Å². The molecule has 0 saturated carbocycles. The first-order valence-corrected chi connectivity index (χ1v) is 12.1. The molecule has 0 unspecified atom stereocenters. The zero-order valence-corrected chi connectivity index (χ0v) is 19.6. The van der Waals surface area contributed by atoms with Crippen LogP contribution in [0.25, 0.3) is 5.69 Å². The summed E-state index contributed by atoms with van der Waals surface area (Å²) in [5.74, 6) is -1.30. The van der Waals surface area contributed by atoms with Gasteiger partial charge in [0.2, 0.25) is 10.0 Å². The van der Waals surface area contributed by atoms with Crippen LogP contribution in [0.3, 0.4) is 0 Å². The molecule has 0 radical (unpaired) electrons. The average molecular weight is 484 g/mol. The molecule has 4 rings (SSSR count). The highest BCUT2D eigenvalue weighted by Gasteiger charge is 2.27. The Kier molecular flexibility index (Phi) is 6.51. The van der Waals surface area contributed by atoms with E-state index in [9.17, 15) is 23.1 Å². The van der Waals surface area contributed by atoms with E-state index in [0.29, 0.717) is 37.6 Å². The van der Waals surface area contributed by atoms with Crippen LogP contribution in [0.2, 0.25) is 0 Å². The lowest BCUT2D eigenvalue weighted by Gasteiger charge is -2.31. The number of sulfonamides is 1. The number of aryl methyl sites for hydroxylation is 1. The van der Waals surface area contributed by atoms with Gasteiger partial charge in [-0.3, -0.25) is 9.59 Å². The van der Waals surface area contributed by atoms with Gasteiger partial charge in [0.05, 0.1) is 10.6 Å². The number of nitrogens with one attached hydrogen (secondary N) is 1. The number of piperazine rings is 1. The van der Waals surface area contributed by atoms with Crippen molar-refractivity contribution in [2.75, 3.05) is 38.5 Å². The van der Waals surface area contributed by atoms with Crippen molar-refractivity contribution in [2.45, 2.75) is 11.8 Å². The van der Waals surface area contributed by atoms with E-state index < -0.39 is 27.2 Å². The summed E-state index contributed by atoms with van der Waals surface area (Å²) >= 11 is 0. The fraction of sp³-hybridized carbons (Fsp3) is 0.261. The third-order valence-corrected chi connectivity index (χ3v) is 7.50. The number of carbonyl (C=O) groups excluding carboxylic acids is 1. The topological polar surface area (TPSA) is 125 Å². The second-order valence-corrected chi connectivity index (χ2v) is 10.1. The molecule has 34 heavy (non-hydrogen) atoms. The van der Waals surface area contributed by atoms with Crippen molar-refractivity contribution in [2.24, 2.45) is 0 Å². The third-order valence-electron chi connectivity index (χ3n) is 5.59. The molecule has 0 aliphatic carbocycles. The van der Waals surface area contributed by atoms with Gasteiger partial charge in [-0.2, -0.15) is 14.1 Å². The molecule has 1 aromatic heterocycles. The van der Waals surface area contributed by atoms with Gasteiger partial charge < -0.3 is 15.3 Å². The van der Waals surface area contributed by atoms with Gasteiger partial charge in [-0.05, 0) is 55.9 Å². The summed E-state index contributed by atoms with van der Waals surface area (Å²) < 4.78 is 28.2. The Hall–Kier alpha value is -3.54. The molecule has 1 fully saturated rings. The molecule has 2 aromatic carbocycles. The molecular formula is C23H25N5O5S. The highest BCUT2D eigenvalue weighted by atomic mass is 32.2. The quantitative estimate of drug-likeness (QED) is 0.563. The molecule has 2 heterocycles. The van der Waals surface area contributed by atoms with Crippen molar-refractivity contribution < 1.29 is 18.3 Å². The molecular weight excluding hydrogens is 458 g/mol. The van der Waals surface area contributed by atoms with E-state index in [-0.39, 0.29) is 10.6 Å². The molecule has 0 atom stereocenters. The van der Waals surface area contributed by atoms with E-state index in [1.165, 1.54) is 28.6 Å². The maximum atomic E-state index is 12.9. The standard InChI is InChI=1S/C23H25N5O5S/c1-16-4-3-5-18(14-16)28-21(30)15-20(29)22(25-28)23(31)24-17-6-8-19(9-7-17)34(32,33)27-12-10-26(2)11-13-27/h3-9,14-15,29H,10-13H2,1-2H3,(H,24,31). The molecule has 0 bridgehead atoms. The Morgan fingerprint density at radius 3 is 2.35 bits per heavy atom. The largest absolute Gasteiger partial charge is 0.505 e. The van der Waals surface area contributed by atoms with Gasteiger partial charge in [0, 0.05) is 37.9 Å². The fourth-order valence-corrected chi connectivity index (χ4v) is 5.05. The lowest BCUT2D eigenvalue weighted by molar-refractivity contribution is 0.101. The molecule has 1 saturated heterocycles. The van der Waals surface area contributed by atoms with E-state index in [4.69, 9.17) is 0 Å². The first kappa shape index (κ1) is 23.6. The normalized spacial score (nSPS) is 15.2. The van der Waals surface area contributed by atoms with Crippen molar-refractivity contribution in [3.8, 4) is 11.4 Å². The Bertz CT molecular complexity index is 1380. The van der Waals surface area contributed by atoms with Crippen LogP contribution in [-0.2, 0) is 10.0 Å².